The number of aromatic nitrogens is 1. The highest BCUT2D eigenvalue weighted by molar-refractivity contribution is 5.85. The lowest BCUT2D eigenvalue weighted by atomic mass is 10.1. The fourth-order valence-corrected chi connectivity index (χ4v) is 3.43. The summed E-state index contributed by atoms with van der Waals surface area (Å²) in [5.41, 5.74) is 6.53. The van der Waals surface area contributed by atoms with E-state index in [1.807, 2.05) is 0 Å². The van der Waals surface area contributed by atoms with Gasteiger partial charge in [0.15, 0.2) is 0 Å². The Morgan fingerprint density at radius 2 is 1.76 bits per heavy atom. The molecule has 4 heteroatoms. The molecule has 2 aromatic carbocycles. The van der Waals surface area contributed by atoms with E-state index in [0.717, 1.165) is 31.6 Å². The van der Waals surface area contributed by atoms with E-state index >= 15 is 0 Å². The summed E-state index contributed by atoms with van der Waals surface area (Å²) in [4.78, 5) is 7.45. The van der Waals surface area contributed by atoms with Gasteiger partial charge in [-0.2, -0.15) is 0 Å². The molecule has 0 saturated carbocycles. The van der Waals surface area contributed by atoms with Crippen molar-refractivity contribution in [1.82, 2.24) is 9.88 Å². The van der Waals surface area contributed by atoms with Crippen LogP contribution < -0.4 is 0 Å². The van der Waals surface area contributed by atoms with Crippen LogP contribution in [0.25, 0.3) is 10.9 Å². The molecule has 1 aliphatic rings. The fourth-order valence-electron chi connectivity index (χ4n) is 3.43. The van der Waals surface area contributed by atoms with E-state index in [9.17, 15) is 0 Å². The molecule has 0 fully saturated rings. The Hall–Kier alpha value is -1.61. The zero-order chi connectivity index (χ0) is 15.6. The zero-order valence-electron chi connectivity index (χ0n) is 14.4. The van der Waals surface area contributed by atoms with E-state index in [1.165, 1.54) is 34.2 Å². The topological polar surface area (TPSA) is 16.1 Å². The van der Waals surface area contributed by atoms with Crippen LogP contribution in [0.3, 0.4) is 0 Å². The normalized spacial score (nSPS) is 14.1. The molecule has 0 radical (unpaired) electrons. The van der Waals surface area contributed by atoms with Crippen LogP contribution in [-0.2, 0) is 19.5 Å². The molecule has 1 aromatic heterocycles. The Labute approximate surface area is 162 Å². The van der Waals surface area contributed by atoms with Crippen molar-refractivity contribution in [1.29, 1.82) is 0 Å². The Morgan fingerprint density at radius 3 is 2.56 bits per heavy atom. The number of fused-ring (bicyclic) bond motifs is 2. The molecule has 2 heterocycles. The van der Waals surface area contributed by atoms with Crippen LogP contribution in [0.4, 0.5) is 0 Å². The quantitative estimate of drug-likeness (QED) is 0.601. The number of pyridine rings is 1. The smallest absolute Gasteiger partial charge is 0.0705 e. The summed E-state index contributed by atoms with van der Waals surface area (Å²) in [6.45, 7) is 5.30. The number of para-hydroxylation sites is 1. The summed E-state index contributed by atoms with van der Waals surface area (Å²) in [6.07, 6.45) is 2.27. The molecule has 0 amide bonds. The van der Waals surface area contributed by atoms with Crippen molar-refractivity contribution >= 4 is 35.7 Å². The van der Waals surface area contributed by atoms with Crippen molar-refractivity contribution in [2.75, 3.05) is 6.54 Å². The third-order valence-corrected chi connectivity index (χ3v) is 4.70. The number of aryl methyl sites for hydroxylation is 2. The van der Waals surface area contributed by atoms with Crippen molar-refractivity contribution in [3.05, 3.63) is 77.0 Å². The third-order valence-electron chi connectivity index (χ3n) is 4.70. The van der Waals surface area contributed by atoms with Crippen molar-refractivity contribution in [3.63, 3.8) is 0 Å². The van der Waals surface area contributed by atoms with Gasteiger partial charge in [0.05, 0.1) is 5.52 Å². The van der Waals surface area contributed by atoms with Crippen LogP contribution >= 0.6 is 24.8 Å². The molecule has 0 bridgehead atoms. The predicted molar refractivity (Wildman–Crippen MR) is 110 cm³/mol. The Morgan fingerprint density at radius 1 is 1.00 bits per heavy atom. The van der Waals surface area contributed by atoms with Gasteiger partial charge in [0.2, 0.25) is 0 Å². The molecule has 0 atom stereocenters. The fraction of sp³-hybridized carbons (Fsp3) is 0.286. The van der Waals surface area contributed by atoms with Crippen LogP contribution in [0.2, 0.25) is 0 Å². The molecule has 0 unspecified atom stereocenters. The molecule has 1 aliphatic heterocycles. The van der Waals surface area contributed by atoms with E-state index in [2.05, 4.69) is 66.4 Å². The molecule has 2 nitrogen and oxygen atoms in total. The number of hydrogen-bond acceptors (Lipinski definition) is 2. The monoisotopic (exact) mass is 374 g/mol. The van der Waals surface area contributed by atoms with Crippen LogP contribution in [-0.4, -0.2) is 16.4 Å². The van der Waals surface area contributed by atoms with Crippen LogP contribution in [0, 0.1) is 6.92 Å². The molecular weight excluding hydrogens is 351 g/mol. The van der Waals surface area contributed by atoms with Crippen molar-refractivity contribution in [2.45, 2.75) is 32.9 Å². The molecule has 0 spiro atoms. The molecule has 0 saturated heterocycles. The highest BCUT2D eigenvalue weighted by Gasteiger charge is 2.16. The Bertz CT molecular complexity index is 831. The number of benzene rings is 2. The first kappa shape index (κ1) is 19.7. The van der Waals surface area contributed by atoms with E-state index in [-0.39, 0.29) is 24.8 Å². The minimum atomic E-state index is 0. The van der Waals surface area contributed by atoms with Gasteiger partial charge in [-0.05, 0) is 49.6 Å². The zero-order valence-corrected chi connectivity index (χ0v) is 16.1. The van der Waals surface area contributed by atoms with Gasteiger partial charge in [-0.1, -0.05) is 48.0 Å². The van der Waals surface area contributed by atoms with Gasteiger partial charge in [0.25, 0.3) is 0 Å². The van der Waals surface area contributed by atoms with E-state index < -0.39 is 0 Å². The lowest BCUT2D eigenvalue weighted by Gasteiger charge is -2.20. The first-order valence-electron chi connectivity index (χ1n) is 8.43. The summed E-state index contributed by atoms with van der Waals surface area (Å²) >= 11 is 0. The maximum absolute atomic E-state index is 4.90. The van der Waals surface area contributed by atoms with E-state index in [1.54, 1.807) is 0 Å². The van der Waals surface area contributed by atoms with Gasteiger partial charge in [-0.25, -0.2) is 0 Å². The minimum Gasteiger partial charge on any atom is -0.295 e. The SMILES string of the molecule is Cc1ccc(CN2CCCc3nc4ccccc4cc3C2)cc1.Cl.Cl. The molecule has 132 valence electrons. The summed E-state index contributed by atoms with van der Waals surface area (Å²) in [7, 11) is 0. The summed E-state index contributed by atoms with van der Waals surface area (Å²) in [5, 5.41) is 1.25. The summed E-state index contributed by atoms with van der Waals surface area (Å²) in [5.74, 6) is 0. The third kappa shape index (κ3) is 4.52. The maximum Gasteiger partial charge on any atom is 0.0705 e. The predicted octanol–water partition coefficient (Wildman–Crippen LogP) is 5.34. The van der Waals surface area contributed by atoms with Gasteiger partial charge in [0, 0.05) is 24.2 Å². The highest BCUT2D eigenvalue weighted by atomic mass is 35.5. The first-order chi connectivity index (χ1) is 11.3. The lowest BCUT2D eigenvalue weighted by Crippen LogP contribution is -2.22. The Kier molecular flexibility index (Phi) is 6.83. The van der Waals surface area contributed by atoms with Crippen molar-refractivity contribution in [3.8, 4) is 0 Å². The second kappa shape index (κ2) is 8.66. The lowest BCUT2D eigenvalue weighted by molar-refractivity contribution is 0.261. The minimum absolute atomic E-state index is 0. The van der Waals surface area contributed by atoms with E-state index in [4.69, 9.17) is 4.98 Å². The molecule has 3 aromatic rings. The van der Waals surface area contributed by atoms with Gasteiger partial charge >= 0.3 is 0 Å². The number of nitrogens with zero attached hydrogens (tertiary/aromatic N) is 2. The average Bonchev–Trinajstić information content (AvgIpc) is 2.76. The second-order valence-corrected chi connectivity index (χ2v) is 6.59. The molecule has 0 N–H and O–H groups in total. The van der Waals surface area contributed by atoms with Crippen LogP contribution in [0.15, 0.2) is 54.6 Å². The number of rotatable bonds is 2. The highest BCUT2D eigenvalue weighted by Crippen LogP contribution is 2.23. The summed E-state index contributed by atoms with van der Waals surface area (Å²) in [6, 6.07) is 19.7. The largest absolute Gasteiger partial charge is 0.295 e. The van der Waals surface area contributed by atoms with Gasteiger partial charge in [0.1, 0.15) is 0 Å². The second-order valence-electron chi connectivity index (χ2n) is 6.59. The number of hydrogen-bond donors (Lipinski definition) is 0. The molecule has 4 rings (SSSR count). The standard InChI is InChI=1S/C21H22N2.2ClH/c1-16-8-10-17(11-9-16)14-23-12-4-7-21-19(15-23)13-18-5-2-3-6-20(18)22-21;;/h2-3,5-6,8-11,13H,4,7,12,14-15H2,1H3;2*1H. The summed E-state index contributed by atoms with van der Waals surface area (Å²) < 4.78 is 0. The number of halogens is 2. The van der Waals surface area contributed by atoms with Crippen LogP contribution in [0.1, 0.15) is 28.8 Å². The van der Waals surface area contributed by atoms with E-state index in [0.29, 0.717) is 0 Å². The Balaban J connectivity index is 0.00000113. The average molecular weight is 375 g/mol. The maximum atomic E-state index is 4.90. The molecule has 0 aliphatic carbocycles. The van der Waals surface area contributed by atoms with Gasteiger partial charge < -0.3 is 0 Å². The van der Waals surface area contributed by atoms with Gasteiger partial charge in [-0.3, -0.25) is 9.88 Å². The van der Waals surface area contributed by atoms with Crippen molar-refractivity contribution in [2.24, 2.45) is 0 Å². The van der Waals surface area contributed by atoms with Crippen LogP contribution in [0.5, 0.6) is 0 Å². The first-order valence-corrected chi connectivity index (χ1v) is 8.43. The van der Waals surface area contributed by atoms with Crippen molar-refractivity contribution < 1.29 is 0 Å². The molecular formula is C21H24Cl2N2. The molecule has 25 heavy (non-hydrogen) atoms. The van der Waals surface area contributed by atoms with Gasteiger partial charge in [-0.15, -0.1) is 24.8 Å².